The summed E-state index contributed by atoms with van der Waals surface area (Å²) < 4.78 is 15.7. The molecule has 2 aromatic heterocycles. The van der Waals surface area contributed by atoms with E-state index in [0.29, 0.717) is 12.2 Å². The van der Waals surface area contributed by atoms with Crippen LogP contribution in [-0.2, 0) is 6.54 Å². The average Bonchev–Trinajstić information content (AvgIpc) is 2.81. The Bertz CT molecular complexity index is 583. The van der Waals surface area contributed by atoms with Gasteiger partial charge in [-0.15, -0.1) is 0 Å². The Labute approximate surface area is 131 Å². The van der Waals surface area contributed by atoms with Gasteiger partial charge in [-0.2, -0.15) is 5.10 Å². The minimum Gasteiger partial charge on any atom is -0.308 e. The number of rotatable bonds is 6. The van der Waals surface area contributed by atoms with Crippen LogP contribution in [0.15, 0.2) is 29.0 Å². The predicted octanol–water partition coefficient (Wildman–Crippen LogP) is 1.29. The first-order chi connectivity index (χ1) is 10.0. The molecule has 2 aromatic rings. The lowest BCUT2D eigenvalue weighted by molar-refractivity contribution is 0.365. The van der Waals surface area contributed by atoms with Gasteiger partial charge in [-0.3, -0.25) is 15.5 Å². The first-order valence-electron chi connectivity index (χ1n) is 6.46. The van der Waals surface area contributed by atoms with E-state index in [1.54, 1.807) is 12.3 Å². The number of nitrogens with zero attached hydrogens (tertiary/aromatic N) is 4. The molecule has 0 aliphatic heterocycles. The normalized spacial score (nSPS) is 12.9. The zero-order valence-electron chi connectivity index (χ0n) is 11.9. The first-order valence-corrected chi connectivity index (χ1v) is 7.25. The number of nitrogens with one attached hydrogen (secondary N) is 1. The standard InChI is InChI=1S/C13H18BrFN6/c1-20(2)5-6-21-13(10(14)8-18-21)12(19-16)11-4-3-9(15)7-17-11/h3-4,7-8,12,19H,5-6,16H2,1-2H3. The molecule has 0 saturated carbocycles. The third kappa shape index (κ3) is 3.85. The molecule has 0 bridgehead atoms. The van der Waals surface area contributed by atoms with Crippen LogP contribution in [-0.4, -0.2) is 40.3 Å². The van der Waals surface area contributed by atoms with Gasteiger partial charge in [0.15, 0.2) is 0 Å². The molecule has 0 saturated heterocycles. The van der Waals surface area contributed by atoms with Crippen LogP contribution in [0.25, 0.3) is 0 Å². The van der Waals surface area contributed by atoms with Gasteiger partial charge >= 0.3 is 0 Å². The van der Waals surface area contributed by atoms with Crippen molar-refractivity contribution in [3.63, 3.8) is 0 Å². The third-order valence-electron chi connectivity index (χ3n) is 3.08. The molecular formula is C13H18BrFN6. The molecule has 1 unspecified atom stereocenters. The number of pyridine rings is 1. The number of likely N-dealkylation sites (N-methyl/N-ethyl adjacent to an activating group) is 1. The molecule has 0 aromatic carbocycles. The second-order valence-electron chi connectivity index (χ2n) is 4.91. The highest BCUT2D eigenvalue weighted by molar-refractivity contribution is 9.10. The molecule has 0 fully saturated rings. The Balaban J connectivity index is 2.33. The molecule has 2 heterocycles. The van der Waals surface area contributed by atoms with E-state index in [2.05, 4.69) is 36.3 Å². The lowest BCUT2D eigenvalue weighted by Gasteiger charge is -2.19. The summed E-state index contributed by atoms with van der Waals surface area (Å²) in [7, 11) is 4.00. The highest BCUT2D eigenvalue weighted by Crippen LogP contribution is 2.27. The van der Waals surface area contributed by atoms with E-state index in [0.717, 1.165) is 16.7 Å². The van der Waals surface area contributed by atoms with E-state index in [4.69, 9.17) is 5.84 Å². The minimum atomic E-state index is -0.380. The molecule has 3 N–H and O–H groups in total. The van der Waals surface area contributed by atoms with Gasteiger partial charge < -0.3 is 4.90 Å². The number of nitrogens with two attached hydrogens (primary N) is 1. The smallest absolute Gasteiger partial charge is 0.141 e. The van der Waals surface area contributed by atoms with Crippen molar-refractivity contribution in [2.24, 2.45) is 5.84 Å². The first kappa shape index (κ1) is 16.0. The second-order valence-corrected chi connectivity index (χ2v) is 5.76. The fourth-order valence-corrected chi connectivity index (χ4v) is 2.52. The number of aromatic nitrogens is 3. The van der Waals surface area contributed by atoms with E-state index in [-0.39, 0.29) is 11.9 Å². The summed E-state index contributed by atoms with van der Waals surface area (Å²) in [5.74, 6) is 5.29. The fraction of sp³-hybridized carbons (Fsp3) is 0.385. The van der Waals surface area contributed by atoms with Crippen molar-refractivity contribution in [3.05, 3.63) is 46.2 Å². The maximum absolute atomic E-state index is 13.0. The van der Waals surface area contributed by atoms with E-state index in [1.807, 2.05) is 18.8 Å². The van der Waals surface area contributed by atoms with Crippen LogP contribution >= 0.6 is 15.9 Å². The van der Waals surface area contributed by atoms with Gasteiger partial charge in [0, 0.05) is 6.54 Å². The Morgan fingerprint density at radius 1 is 1.43 bits per heavy atom. The Morgan fingerprint density at radius 2 is 2.19 bits per heavy atom. The van der Waals surface area contributed by atoms with Gasteiger partial charge in [-0.25, -0.2) is 9.82 Å². The maximum atomic E-state index is 13.0. The molecule has 8 heteroatoms. The van der Waals surface area contributed by atoms with Crippen LogP contribution in [0.2, 0.25) is 0 Å². The molecule has 0 aliphatic carbocycles. The molecule has 2 rings (SSSR count). The van der Waals surface area contributed by atoms with Crippen molar-refractivity contribution >= 4 is 15.9 Å². The van der Waals surface area contributed by atoms with Gasteiger partial charge in [0.2, 0.25) is 0 Å². The molecule has 0 aliphatic rings. The van der Waals surface area contributed by atoms with E-state index >= 15 is 0 Å². The highest BCUT2D eigenvalue weighted by Gasteiger charge is 2.22. The third-order valence-corrected chi connectivity index (χ3v) is 3.69. The molecule has 6 nitrogen and oxygen atoms in total. The average molecular weight is 357 g/mol. The monoisotopic (exact) mass is 356 g/mol. The van der Waals surface area contributed by atoms with Crippen LogP contribution in [0.3, 0.4) is 0 Å². The Hall–Kier alpha value is -1.35. The summed E-state index contributed by atoms with van der Waals surface area (Å²) >= 11 is 3.48. The molecule has 0 spiro atoms. The summed E-state index contributed by atoms with van der Waals surface area (Å²) in [6.07, 6.45) is 2.90. The molecule has 114 valence electrons. The molecule has 0 radical (unpaired) electrons. The predicted molar refractivity (Wildman–Crippen MR) is 81.8 cm³/mol. The van der Waals surface area contributed by atoms with Gasteiger partial charge in [0.25, 0.3) is 0 Å². The van der Waals surface area contributed by atoms with Crippen LogP contribution in [0.4, 0.5) is 4.39 Å². The molecule has 21 heavy (non-hydrogen) atoms. The van der Waals surface area contributed by atoms with Crippen molar-refractivity contribution in [2.75, 3.05) is 20.6 Å². The van der Waals surface area contributed by atoms with Crippen LogP contribution in [0, 0.1) is 5.82 Å². The number of hydrazine groups is 1. The fourth-order valence-electron chi connectivity index (χ4n) is 1.99. The lowest BCUT2D eigenvalue weighted by Crippen LogP contribution is -2.32. The van der Waals surface area contributed by atoms with Crippen molar-refractivity contribution in [3.8, 4) is 0 Å². The Morgan fingerprint density at radius 3 is 2.76 bits per heavy atom. The van der Waals surface area contributed by atoms with Crippen molar-refractivity contribution < 1.29 is 4.39 Å². The van der Waals surface area contributed by atoms with Crippen molar-refractivity contribution in [1.82, 2.24) is 25.1 Å². The van der Waals surface area contributed by atoms with Gasteiger partial charge in [-0.05, 0) is 42.2 Å². The van der Waals surface area contributed by atoms with Gasteiger partial charge in [0.05, 0.1) is 34.8 Å². The summed E-state index contributed by atoms with van der Waals surface area (Å²) in [5.41, 5.74) is 4.21. The SMILES string of the molecule is CN(C)CCn1ncc(Br)c1C(NN)c1ccc(F)cn1. The van der Waals surface area contributed by atoms with E-state index in [9.17, 15) is 4.39 Å². The largest absolute Gasteiger partial charge is 0.308 e. The Kier molecular flexibility index (Phi) is 5.40. The molecular weight excluding hydrogens is 339 g/mol. The summed E-state index contributed by atoms with van der Waals surface area (Å²) in [5, 5.41) is 4.35. The van der Waals surface area contributed by atoms with E-state index in [1.165, 1.54) is 12.3 Å². The quantitative estimate of drug-likeness (QED) is 0.602. The minimum absolute atomic E-state index is 0.371. The number of hydrogen-bond donors (Lipinski definition) is 2. The van der Waals surface area contributed by atoms with Crippen LogP contribution < -0.4 is 11.3 Å². The lowest BCUT2D eigenvalue weighted by atomic mass is 10.1. The molecule has 0 amide bonds. The van der Waals surface area contributed by atoms with E-state index < -0.39 is 0 Å². The topological polar surface area (TPSA) is 72.0 Å². The number of halogens is 2. The molecule has 1 atom stereocenters. The summed E-state index contributed by atoms with van der Waals surface area (Å²) in [6, 6.07) is 2.60. The summed E-state index contributed by atoms with van der Waals surface area (Å²) in [6.45, 7) is 1.56. The van der Waals surface area contributed by atoms with Crippen LogP contribution in [0.5, 0.6) is 0 Å². The van der Waals surface area contributed by atoms with Crippen molar-refractivity contribution in [1.29, 1.82) is 0 Å². The highest BCUT2D eigenvalue weighted by atomic mass is 79.9. The zero-order valence-corrected chi connectivity index (χ0v) is 13.5. The maximum Gasteiger partial charge on any atom is 0.141 e. The van der Waals surface area contributed by atoms with Crippen LogP contribution in [0.1, 0.15) is 17.4 Å². The second kappa shape index (κ2) is 7.08. The summed E-state index contributed by atoms with van der Waals surface area (Å²) in [4.78, 5) is 6.16. The van der Waals surface area contributed by atoms with Gasteiger partial charge in [0.1, 0.15) is 11.9 Å². The zero-order chi connectivity index (χ0) is 15.4. The number of hydrogen-bond acceptors (Lipinski definition) is 5. The van der Waals surface area contributed by atoms with Gasteiger partial charge in [-0.1, -0.05) is 0 Å². The van der Waals surface area contributed by atoms with Crippen molar-refractivity contribution in [2.45, 2.75) is 12.6 Å².